The predicted octanol–water partition coefficient (Wildman–Crippen LogP) is 6.85. The van der Waals surface area contributed by atoms with E-state index >= 15 is 0 Å². The lowest BCUT2D eigenvalue weighted by molar-refractivity contribution is 0.174. The maximum Gasteiger partial charge on any atom is 0.123 e. The minimum absolute atomic E-state index is 0.0863. The van der Waals surface area contributed by atoms with Crippen molar-refractivity contribution < 1.29 is 4.39 Å². The van der Waals surface area contributed by atoms with Gasteiger partial charge in [0.15, 0.2) is 0 Å². The third-order valence-corrected chi connectivity index (χ3v) is 10.5. The molecule has 1 saturated heterocycles. The molecule has 0 atom stereocenters. The molecule has 0 nitrogen and oxygen atoms in total. The lowest BCUT2D eigenvalue weighted by Crippen LogP contribution is -2.40. The Labute approximate surface area is 149 Å². The van der Waals surface area contributed by atoms with Gasteiger partial charge in [-0.05, 0) is 41.9 Å². The summed E-state index contributed by atoms with van der Waals surface area (Å²) in [5, 5.41) is 0. The summed E-state index contributed by atoms with van der Waals surface area (Å²) in [6.07, 6.45) is 14.0. The molecule has 0 spiro atoms. The summed E-state index contributed by atoms with van der Waals surface area (Å²) in [6, 6.07) is 12.3. The molecule has 1 aliphatic heterocycles. The van der Waals surface area contributed by atoms with E-state index < -0.39 is 8.80 Å². The first kappa shape index (κ1) is 18.2. The van der Waals surface area contributed by atoms with Crippen molar-refractivity contribution >= 4 is 8.80 Å². The third kappa shape index (κ3) is 4.12. The summed E-state index contributed by atoms with van der Waals surface area (Å²) < 4.78 is 13.4. The first-order valence-electron chi connectivity index (χ1n) is 10.5. The largest absolute Gasteiger partial charge is 0.207 e. The van der Waals surface area contributed by atoms with Crippen LogP contribution in [0.5, 0.6) is 0 Å². The van der Waals surface area contributed by atoms with Crippen molar-refractivity contribution in [2.75, 3.05) is 0 Å². The van der Waals surface area contributed by atoms with Crippen molar-refractivity contribution in [2.45, 2.75) is 94.7 Å². The lowest BCUT2D eigenvalue weighted by atomic mass is 9.60. The molecule has 1 aromatic rings. The molecule has 0 unspecified atom stereocenters. The minimum atomic E-state index is -0.443. The van der Waals surface area contributed by atoms with Gasteiger partial charge in [0.1, 0.15) is 5.82 Å². The van der Waals surface area contributed by atoms with Crippen LogP contribution in [0.2, 0.25) is 18.1 Å². The molecule has 0 N–H and O–H groups in total. The number of halogens is 1. The average Bonchev–Trinajstić information content (AvgIpc) is 2.64. The van der Waals surface area contributed by atoms with Gasteiger partial charge in [0.2, 0.25) is 0 Å². The number of benzene rings is 1. The van der Waals surface area contributed by atoms with E-state index in [2.05, 4.69) is 19.1 Å². The van der Waals surface area contributed by atoms with Crippen molar-refractivity contribution in [3.05, 3.63) is 35.6 Å². The van der Waals surface area contributed by atoms with Crippen LogP contribution in [0.15, 0.2) is 24.3 Å². The Balaban J connectivity index is 1.68. The van der Waals surface area contributed by atoms with E-state index in [9.17, 15) is 4.39 Å². The maximum absolute atomic E-state index is 13.4. The molecule has 1 aromatic carbocycles. The Kier molecular flexibility index (Phi) is 6.54. The van der Waals surface area contributed by atoms with Gasteiger partial charge in [0.05, 0.1) is 0 Å². The summed E-state index contributed by atoms with van der Waals surface area (Å²) in [5.41, 5.74) is 1.81. The standard InChI is InChI=1S/C22H35FSi/c1-2-3-7-16-24-17-12-20(13-18-24)22(14-5-4-6-15-22)19-8-10-21(23)11-9-19/h8-11,20,24H,2-7,12-18H2,1H3. The van der Waals surface area contributed by atoms with Crippen molar-refractivity contribution in [1.82, 2.24) is 0 Å². The second-order valence-electron chi connectivity index (χ2n) is 8.44. The van der Waals surface area contributed by atoms with E-state index in [1.165, 1.54) is 69.8 Å². The summed E-state index contributed by atoms with van der Waals surface area (Å²) >= 11 is 0. The highest BCUT2D eigenvalue weighted by atomic mass is 28.3. The second kappa shape index (κ2) is 8.65. The van der Waals surface area contributed by atoms with Crippen LogP contribution >= 0.6 is 0 Å². The average molecular weight is 347 g/mol. The molecule has 1 aliphatic carbocycles. The Hall–Kier alpha value is -0.633. The molecule has 134 valence electrons. The third-order valence-electron chi connectivity index (χ3n) is 7.01. The Bertz CT molecular complexity index is 481. The highest BCUT2D eigenvalue weighted by molar-refractivity contribution is 6.58. The van der Waals surface area contributed by atoms with Gasteiger partial charge in [0.25, 0.3) is 0 Å². The quantitative estimate of drug-likeness (QED) is 0.390. The van der Waals surface area contributed by atoms with Crippen LogP contribution in [0.3, 0.4) is 0 Å². The Morgan fingerprint density at radius 1 is 1.00 bits per heavy atom. The molecule has 0 bridgehead atoms. The van der Waals surface area contributed by atoms with E-state index in [4.69, 9.17) is 0 Å². The maximum atomic E-state index is 13.4. The highest BCUT2D eigenvalue weighted by Crippen LogP contribution is 2.50. The molecule has 0 radical (unpaired) electrons. The predicted molar refractivity (Wildman–Crippen MR) is 105 cm³/mol. The van der Waals surface area contributed by atoms with Crippen molar-refractivity contribution in [3.8, 4) is 0 Å². The number of rotatable bonds is 6. The molecule has 0 amide bonds. The number of hydrogen-bond acceptors (Lipinski definition) is 0. The van der Waals surface area contributed by atoms with Crippen LogP contribution < -0.4 is 0 Å². The topological polar surface area (TPSA) is 0 Å². The number of unbranched alkanes of at least 4 members (excludes halogenated alkanes) is 2. The molecular weight excluding hydrogens is 311 g/mol. The monoisotopic (exact) mass is 346 g/mol. The zero-order chi connectivity index (χ0) is 16.8. The van der Waals surface area contributed by atoms with Gasteiger partial charge in [-0.3, -0.25) is 0 Å². The van der Waals surface area contributed by atoms with Crippen LogP contribution in [0.4, 0.5) is 4.39 Å². The summed E-state index contributed by atoms with van der Waals surface area (Å²) in [7, 11) is -0.443. The van der Waals surface area contributed by atoms with Gasteiger partial charge in [-0.2, -0.15) is 0 Å². The van der Waals surface area contributed by atoms with Crippen molar-refractivity contribution in [1.29, 1.82) is 0 Å². The SMILES string of the molecule is CCCCC[SiH]1CCC(C2(c3ccc(F)cc3)CCCCC2)CC1. The molecule has 2 aliphatic rings. The minimum Gasteiger partial charge on any atom is -0.207 e. The fourth-order valence-corrected chi connectivity index (χ4v) is 9.06. The Morgan fingerprint density at radius 3 is 2.29 bits per heavy atom. The summed E-state index contributed by atoms with van der Waals surface area (Å²) in [6.45, 7) is 2.31. The summed E-state index contributed by atoms with van der Waals surface area (Å²) in [4.78, 5) is 0. The smallest absolute Gasteiger partial charge is 0.123 e. The van der Waals surface area contributed by atoms with Gasteiger partial charge in [-0.15, -0.1) is 0 Å². The normalized spacial score (nSPS) is 27.1. The fraction of sp³-hybridized carbons (Fsp3) is 0.727. The van der Waals surface area contributed by atoms with E-state index in [0.29, 0.717) is 5.41 Å². The molecule has 0 aromatic heterocycles. The fourth-order valence-electron chi connectivity index (χ4n) is 5.58. The second-order valence-corrected chi connectivity index (χ2v) is 11.9. The van der Waals surface area contributed by atoms with Crippen LogP contribution in [0.1, 0.15) is 76.7 Å². The van der Waals surface area contributed by atoms with E-state index in [-0.39, 0.29) is 5.82 Å². The van der Waals surface area contributed by atoms with Crippen LogP contribution in [0.25, 0.3) is 0 Å². The molecule has 1 heterocycles. The molecule has 1 saturated carbocycles. The first-order chi connectivity index (χ1) is 11.7. The molecule has 2 fully saturated rings. The lowest BCUT2D eigenvalue weighted by Gasteiger charge is -2.47. The highest BCUT2D eigenvalue weighted by Gasteiger charge is 2.42. The van der Waals surface area contributed by atoms with Crippen molar-refractivity contribution in [2.24, 2.45) is 5.92 Å². The van der Waals surface area contributed by atoms with Gasteiger partial charge >= 0.3 is 0 Å². The molecule has 2 heteroatoms. The molecule has 24 heavy (non-hydrogen) atoms. The van der Waals surface area contributed by atoms with Gasteiger partial charge in [-0.25, -0.2) is 4.39 Å². The van der Waals surface area contributed by atoms with Crippen LogP contribution in [-0.2, 0) is 5.41 Å². The van der Waals surface area contributed by atoms with Gasteiger partial charge in [0, 0.05) is 8.80 Å². The van der Waals surface area contributed by atoms with E-state index in [1.807, 2.05) is 0 Å². The van der Waals surface area contributed by atoms with Gasteiger partial charge in [-0.1, -0.05) is 88.6 Å². The van der Waals surface area contributed by atoms with Crippen molar-refractivity contribution in [3.63, 3.8) is 0 Å². The Morgan fingerprint density at radius 2 is 1.67 bits per heavy atom. The molecular formula is C22H35FSi. The van der Waals surface area contributed by atoms with E-state index in [1.54, 1.807) is 30.3 Å². The zero-order valence-electron chi connectivity index (χ0n) is 15.5. The van der Waals surface area contributed by atoms with E-state index in [0.717, 1.165) is 5.92 Å². The van der Waals surface area contributed by atoms with Crippen LogP contribution in [0, 0.1) is 11.7 Å². The van der Waals surface area contributed by atoms with Gasteiger partial charge < -0.3 is 0 Å². The molecule has 3 rings (SSSR count). The first-order valence-corrected chi connectivity index (χ1v) is 13.0. The summed E-state index contributed by atoms with van der Waals surface area (Å²) in [5.74, 6) is 0.773. The van der Waals surface area contributed by atoms with Crippen LogP contribution in [-0.4, -0.2) is 8.80 Å². The number of hydrogen-bond donors (Lipinski definition) is 0. The zero-order valence-corrected chi connectivity index (χ0v) is 16.7.